The van der Waals surface area contributed by atoms with Crippen LogP contribution in [0.25, 0.3) is 0 Å². The number of rotatable bonds is 3. The van der Waals surface area contributed by atoms with Gasteiger partial charge in [-0.3, -0.25) is 0 Å². The molecule has 2 heteroatoms. The second-order valence-electron chi connectivity index (χ2n) is 5.49. The molecule has 1 nitrogen and oxygen atoms in total. The van der Waals surface area contributed by atoms with E-state index in [1.54, 1.807) is 0 Å². The van der Waals surface area contributed by atoms with Crippen LogP contribution in [0.4, 0.5) is 0 Å². The molecule has 0 aromatic heterocycles. The average Bonchev–Trinajstić information content (AvgIpc) is 2.15. The Labute approximate surface area is 103 Å². The average molecular weight is 236 g/mol. The van der Waals surface area contributed by atoms with Crippen molar-refractivity contribution in [1.29, 1.82) is 0 Å². The summed E-state index contributed by atoms with van der Waals surface area (Å²) in [6, 6.07) is 8.98. The van der Waals surface area contributed by atoms with Gasteiger partial charge in [0.25, 0.3) is 0 Å². The van der Waals surface area contributed by atoms with Crippen molar-refractivity contribution >= 4 is 11.8 Å². The van der Waals surface area contributed by atoms with Crippen LogP contribution in [0.2, 0.25) is 0 Å². The van der Waals surface area contributed by atoms with Crippen LogP contribution in [0, 0.1) is 5.92 Å². The molecule has 0 spiro atoms. The molecule has 88 valence electrons. The van der Waals surface area contributed by atoms with Crippen molar-refractivity contribution in [2.75, 3.05) is 19.0 Å². The van der Waals surface area contributed by atoms with E-state index in [4.69, 9.17) is 4.74 Å². The van der Waals surface area contributed by atoms with Gasteiger partial charge >= 0.3 is 0 Å². The molecule has 0 saturated carbocycles. The van der Waals surface area contributed by atoms with Gasteiger partial charge in [-0.15, -0.1) is 11.8 Å². The van der Waals surface area contributed by atoms with E-state index in [2.05, 4.69) is 45.0 Å². The highest BCUT2D eigenvalue weighted by Crippen LogP contribution is 2.27. The zero-order chi connectivity index (χ0) is 11.6. The van der Waals surface area contributed by atoms with Crippen molar-refractivity contribution in [3.8, 4) is 0 Å². The predicted octanol–water partition coefficient (Wildman–Crippen LogP) is 3.72. The van der Waals surface area contributed by atoms with Gasteiger partial charge in [0, 0.05) is 16.6 Å². The number of ether oxygens (including phenoxy) is 1. The van der Waals surface area contributed by atoms with Crippen molar-refractivity contribution in [2.45, 2.75) is 31.1 Å². The lowest BCUT2D eigenvalue weighted by atomic mass is 9.87. The summed E-state index contributed by atoms with van der Waals surface area (Å²) < 4.78 is 5.17. The van der Waals surface area contributed by atoms with Crippen molar-refractivity contribution in [2.24, 2.45) is 5.92 Å². The molecule has 1 aliphatic heterocycles. The zero-order valence-corrected chi connectivity index (χ0v) is 11.1. The van der Waals surface area contributed by atoms with E-state index >= 15 is 0 Å². The molecular formula is C14H20OS. The third kappa shape index (κ3) is 3.02. The Hall–Kier alpha value is -0.470. The Bertz CT molecular complexity index is 333. The molecule has 0 aliphatic carbocycles. The first-order valence-corrected chi connectivity index (χ1v) is 6.85. The Kier molecular flexibility index (Phi) is 3.60. The first kappa shape index (κ1) is 12.0. The van der Waals surface area contributed by atoms with Gasteiger partial charge in [0.05, 0.1) is 13.2 Å². The zero-order valence-electron chi connectivity index (χ0n) is 10.3. The lowest BCUT2D eigenvalue weighted by molar-refractivity contribution is -0.0196. The van der Waals surface area contributed by atoms with Crippen molar-refractivity contribution in [3.05, 3.63) is 29.8 Å². The normalized spacial score (nSPS) is 17.2. The minimum absolute atomic E-state index is 0.255. The molecule has 0 radical (unpaired) electrons. The Morgan fingerprint density at radius 2 is 1.81 bits per heavy atom. The summed E-state index contributed by atoms with van der Waals surface area (Å²) in [4.78, 5) is 1.37. The maximum atomic E-state index is 5.17. The molecule has 1 aromatic rings. The molecule has 0 atom stereocenters. The monoisotopic (exact) mass is 236 g/mol. The summed E-state index contributed by atoms with van der Waals surface area (Å²) in [5, 5.41) is 0. The highest BCUT2D eigenvalue weighted by Gasteiger charge is 2.18. The molecular weight excluding hydrogens is 216 g/mol. The number of hydrogen-bond acceptors (Lipinski definition) is 2. The minimum Gasteiger partial charge on any atom is -0.381 e. The summed E-state index contributed by atoms with van der Waals surface area (Å²) in [5.74, 6) is 1.96. The van der Waals surface area contributed by atoms with Crippen molar-refractivity contribution in [1.82, 2.24) is 0 Å². The first-order valence-electron chi connectivity index (χ1n) is 5.87. The van der Waals surface area contributed by atoms with Gasteiger partial charge in [0.15, 0.2) is 0 Å². The number of benzene rings is 1. The van der Waals surface area contributed by atoms with E-state index < -0.39 is 0 Å². The summed E-state index contributed by atoms with van der Waals surface area (Å²) >= 11 is 1.94. The molecule has 1 aromatic carbocycles. The van der Waals surface area contributed by atoms with Crippen LogP contribution in [0.3, 0.4) is 0 Å². The van der Waals surface area contributed by atoms with Crippen LogP contribution < -0.4 is 0 Å². The van der Waals surface area contributed by atoms with E-state index in [9.17, 15) is 0 Å². The van der Waals surface area contributed by atoms with Gasteiger partial charge in [-0.05, 0) is 23.1 Å². The van der Waals surface area contributed by atoms with Crippen LogP contribution >= 0.6 is 11.8 Å². The molecule has 0 amide bonds. The standard InChI is InChI=1S/C14H20OS/c1-14(2,3)12-4-6-13(7-5-12)16-10-11-8-15-9-11/h4-7,11H,8-10H2,1-3H3. The van der Waals surface area contributed by atoms with Crippen molar-refractivity contribution in [3.63, 3.8) is 0 Å². The smallest absolute Gasteiger partial charge is 0.0524 e. The summed E-state index contributed by atoms with van der Waals surface area (Å²) in [6.45, 7) is 8.66. The predicted molar refractivity (Wildman–Crippen MR) is 70.2 cm³/mol. The largest absolute Gasteiger partial charge is 0.381 e. The maximum Gasteiger partial charge on any atom is 0.0524 e. The minimum atomic E-state index is 0.255. The number of hydrogen-bond donors (Lipinski definition) is 0. The second-order valence-corrected chi connectivity index (χ2v) is 6.58. The lowest BCUT2D eigenvalue weighted by Crippen LogP contribution is -2.29. The van der Waals surface area contributed by atoms with Gasteiger partial charge in [-0.25, -0.2) is 0 Å². The fourth-order valence-electron chi connectivity index (χ4n) is 1.65. The van der Waals surface area contributed by atoms with E-state index in [0.717, 1.165) is 19.1 Å². The fourth-order valence-corrected chi connectivity index (χ4v) is 2.60. The van der Waals surface area contributed by atoms with E-state index in [1.165, 1.54) is 16.2 Å². The maximum absolute atomic E-state index is 5.17. The highest BCUT2D eigenvalue weighted by molar-refractivity contribution is 7.99. The molecule has 1 heterocycles. The fraction of sp³-hybridized carbons (Fsp3) is 0.571. The van der Waals surface area contributed by atoms with E-state index in [1.807, 2.05) is 11.8 Å². The van der Waals surface area contributed by atoms with Gasteiger partial charge < -0.3 is 4.74 Å². The van der Waals surface area contributed by atoms with Gasteiger partial charge in [-0.2, -0.15) is 0 Å². The summed E-state index contributed by atoms with van der Waals surface area (Å²) in [7, 11) is 0. The highest BCUT2D eigenvalue weighted by atomic mass is 32.2. The Balaban J connectivity index is 1.91. The molecule has 0 unspecified atom stereocenters. The molecule has 1 saturated heterocycles. The quantitative estimate of drug-likeness (QED) is 0.740. The molecule has 16 heavy (non-hydrogen) atoms. The number of thioether (sulfide) groups is 1. The van der Waals surface area contributed by atoms with Gasteiger partial charge in [0.1, 0.15) is 0 Å². The van der Waals surface area contributed by atoms with Crippen LogP contribution in [-0.2, 0) is 10.2 Å². The van der Waals surface area contributed by atoms with Crippen molar-refractivity contribution < 1.29 is 4.74 Å². The third-order valence-electron chi connectivity index (χ3n) is 2.91. The SMILES string of the molecule is CC(C)(C)c1ccc(SCC2COC2)cc1. The summed E-state index contributed by atoms with van der Waals surface area (Å²) in [6.07, 6.45) is 0. The Morgan fingerprint density at radius 3 is 2.25 bits per heavy atom. The lowest BCUT2D eigenvalue weighted by Gasteiger charge is -2.25. The van der Waals surface area contributed by atoms with Crippen LogP contribution in [0.5, 0.6) is 0 Å². The van der Waals surface area contributed by atoms with Crippen LogP contribution in [-0.4, -0.2) is 19.0 Å². The molecule has 1 aliphatic rings. The molecule has 2 rings (SSSR count). The van der Waals surface area contributed by atoms with Gasteiger partial charge in [0.2, 0.25) is 0 Å². The molecule has 0 bridgehead atoms. The first-order chi connectivity index (χ1) is 7.55. The van der Waals surface area contributed by atoms with E-state index in [-0.39, 0.29) is 5.41 Å². The Morgan fingerprint density at radius 1 is 1.19 bits per heavy atom. The van der Waals surface area contributed by atoms with Crippen LogP contribution in [0.1, 0.15) is 26.3 Å². The molecule has 0 N–H and O–H groups in total. The van der Waals surface area contributed by atoms with E-state index in [0.29, 0.717) is 0 Å². The molecule has 1 fully saturated rings. The summed E-state index contributed by atoms with van der Waals surface area (Å²) in [5.41, 5.74) is 1.66. The second kappa shape index (κ2) is 4.80. The van der Waals surface area contributed by atoms with Gasteiger partial charge in [-0.1, -0.05) is 32.9 Å². The topological polar surface area (TPSA) is 9.23 Å². The third-order valence-corrected chi connectivity index (χ3v) is 4.16. The van der Waals surface area contributed by atoms with Crippen LogP contribution in [0.15, 0.2) is 29.2 Å².